The Hall–Kier alpha value is 0.270. The van der Waals surface area contributed by atoms with Crippen LogP contribution in [-0.4, -0.2) is 43.0 Å². The van der Waals surface area contributed by atoms with E-state index in [-0.39, 0.29) is 0 Å². The molecule has 0 aromatic carbocycles. The number of piperidine rings is 1. The lowest BCUT2D eigenvalue weighted by atomic mass is 10.1. The summed E-state index contributed by atoms with van der Waals surface area (Å²) in [5.74, 6) is 1.04. The van der Waals surface area contributed by atoms with Crippen LogP contribution in [-0.2, 0) is 0 Å². The molecule has 0 atom stereocenters. The zero-order chi connectivity index (χ0) is 11.7. The van der Waals surface area contributed by atoms with E-state index in [2.05, 4.69) is 12.6 Å². The number of unbranched alkanes of at least 4 members (excludes halogenated alkanes) is 3. The molecule has 1 aliphatic rings. The summed E-state index contributed by atoms with van der Waals surface area (Å²) in [5.41, 5.74) is 5.51. The van der Waals surface area contributed by atoms with Gasteiger partial charge in [0.15, 0.2) is 0 Å². The topological polar surface area (TPSA) is 26.0 Å². The molecule has 0 amide bonds. The number of hydrogen-bond donors (Lipinski definition) is 2. The average molecular weight is 245 g/mol. The van der Waals surface area contributed by atoms with Crippen LogP contribution in [0.3, 0.4) is 0 Å². The van der Waals surface area contributed by atoms with Crippen molar-refractivity contribution in [3.05, 3.63) is 0 Å². The first kappa shape index (κ1) is 14.3. The van der Waals surface area contributed by atoms with E-state index < -0.39 is 0 Å². The van der Waals surface area contributed by atoms with Crippen LogP contribution in [0, 0.1) is 0 Å². The molecule has 1 heterocycles. The van der Waals surface area contributed by atoms with Crippen molar-refractivity contribution >= 4 is 12.6 Å². The minimum atomic E-state index is 0.858. The van der Waals surface area contributed by atoms with Crippen molar-refractivity contribution in [1.29, 1.82) is 0 Å². The average Bonchev–Trinajstić information content (AvgIpc) is 2.30. The standard InChI is InChI=1S/C13H28N2S/c14-8-4-1-2-5-9-15(12-13-16)10-6-3-7-11-15/h1-14H2/p+1. The van der Waals surface area contributed by atoms with E-state index in [1.807, 2.05) is 0 Å². The number of hydrogen-bond acceptors (Lipinski definition) is 2. The molecule has 1 rings (SSSR count). The van der Waals surface area contributed by atoms with Gasteiger partial charge in [0.25, 0.3) is 0 Å². The summed E-state index contributed by atoms with van der Waals surface area (Å²) in [5, 5.41) is 0. The van der Waals surface area contributed by atoms with Gasteiger partial charge in [-0.05, 0) is 45.1 Å². The van der Waals surface area contributed by atoms with Crippen LogP contribution in [0.1, 0.15) is 44.9 Å². The maximum atomic E-state index is 5.51. The van der Waals surface area contributed by atoms with Gasteiger partial charge in [-0.1, -0.05) is 6.42 Å². The molecule has 1 aliphatic heterocycles. The van der Waals surface area contributed by atoms with Crippen LogP contribution in [0.25, 0.3) is 0 Å². The highest BCUT2D eigenvalue weighted by molar-refractivity contribution is 7.80. The lowest BCUT2D eigenvalue weighted by molar-refractivity contribution is -0.930. The fourth-order valence-electron chi connectivity index (χ4n) is 2.90. The highest BCUT2D eigenvalue weighted by Crippen LogP contribution is 2.20. The smallest absolute Gasteiger partial charge is 0.0876 e. The summed E-state index contributed by atoms with van der Waals surface area (Å²) >= 11 is 4.43. The predicted octanol–water partition coefficient (Wildman–Crippen LogP) is 2.44. The monoisotopic (exact) mass is 245 g/mol. The van der Waals surface area contributed by atoms with Crippen LogP contribution in [0.2, 0.25) is 0 Å². The van der Waals surface area contributed by atoms with Crippen LogP contribution in [0.5, 0.6) is 0 Å². The maximum Gasteiger partial charge on any atom is 0.0876 e. The largest absolute Gasteiger partial charge is 0.330 e. The molecule has 0 aromatic rings. The minimum absolute atomic E-state index is 0.858. The number of thiol groups is 1. The fourth-order valence-corrected chi connectivity index (χ4v) is 3.32. The van der Waals surface area contributed by atoms with Gasteiger partial charge in [0.1, 0.15) is 0 Å². The number of quaternary nitrogens is 1. The van der Waals surface area contributed by atoms with E-state index in [1.165, 1.54) is 75.6 Å². The Morgan fingerprint density at radius 1 is 0.875 bits per heavy atom. The molecule has 0 unspecified atom stereocenters. The molecule has 1 fully saturated rings. The van der Waals surface area contributed by atoms with E-state index in [1.54, 1.807) is 0 Å². The first-order valence-electron chi connectivity index (χ1n) is 6.99. The summed E-state index contributed by atoms with van der Waals surface area (Å²) in [6, 6.07) is 0. The molecule has 1 saturated heterocycles. The Kier molecular flexibility index (Phi) is 7.50. The van der Waals surface area contributed by atoms with Gasteiger partial charge in [-0.2, -0.15) is 12.6 Å². The van der Waals surface area contributed by atoms with Crippen molar-refractivity contribution in [3.63, 3.8) is 0 Å². The van der Waals surface area contributed by atoms with Crippen molar-refractivity contribution in [2.24, 2.45) is 5.73 Å². The quantitative estimate of drug-likeness (QED) is 0.383. The van der Waals surface area contributed by atoms with Crippen LogP contribution < -0.4 is 5.73 Å². The van der Waals surface area contributed by atoms with E-state index >= 15 is 0 Å². The zero-order valence-corrected chi connectivity index (χ0v) is 11.6. The summed E-state index contributed by atoms with van der Waals surface area (Å²) in [6.07, 6.45) is 9.56. The van der Waals surface area contributed by atoms with Gasteiger partial charge in [0, 0.05) is 5.75 Å². The molecule has 2 nitrogen and oxygen atoms in total. The summed E-state index contributed by atoms with van der Waals surface area (Å²) in [6.45, 7) is 6.32. The van der Waals surface area contributed by atoms with Gasteiger partial charge in [-0.25, -0.2) is 0 Å². The minimum Gasteiger partial charge on any atom is -0.330 e. The van der Waals surface area contributed by atoms with E-state index in [9.17, 15) is 0 Å². The second-order valence-electron chi connectivity index (χ2n) is 5.22. The number of rotatable bonds is 8. The lowest BCUT2D eigenvalue weighted by Crippen LogP contribution is -2.53. The summed E-state index contributed by atoms with van der Waals surface area (Å²) < 4.78 is 1.35. The van der Waals surface area contributed by atoms with E-state index in [0.717, 1.165) is 12.3 Å². The second kappa shape index (κ2) is 8.37. The molecular formula is C13H29N2S+. The number of nitrogens with two attached hydrogens (primary N) is 1. The third kappa shape index (κ3) is 5.07. The van der Waals surface area contributed by atoms with Crippen molar-refractivity contribution in [1.82, 2.24) is 0 Å². The molecule has 0 spiro atoms. The molecule has 0 saturated carbocycles. The number of likely N-dealkylation sites (tertiary alicyclic amines) is 1. The molecule has 0 bridgehead atoms. The SMILES string of the molecule is NCCCCCC[N+]1(CCS)CCCCC1. The van der Waals surface area contributed by atoms with Crippen LogP contribution in [0.4, 0.5) is 0 Å². The summed E-state index contributed by atoms with van der Waals surface area (Å²) in [7, 11) is 0. The normalized spacial score (nSPS) is 19.9. The Bertz CT molecular complexity index is 162. The molecule has 0 radical (unpaired) electrons. The lowest BCUT2D eigenvalue weighted by Gasteiger charge is -2.41. The molecule has 0 aromatic heterocycles. The van der Waals surface area contributed by atoms with Crippen LogP contribution >= 0.6 is 12.6 Å². The van der Waals surface area contributed by atoms with Crippen molar-refractivity contribution in [3.8, 4) is 0 Å². The Balaban J connectivity index is 2.21. The van der Waals surface area contributed by atoms with Gasteiger partial charge < -0.3 is 10.2 Å². The Morgan fingerprint density at radius 3 is 2.19 bits per heavy atom. The molecule has 96 valence electrons. The van der Waals surface area contributed by atoms with Gasteiger partial charge in [-0.3, -0.25) is 0 Å². The van der Waals surface area contributed by atoms with Gasteiger partial charge in [0.2, 0.25) is 0 Å². The third-order valence-electron chi connectivity index (χ3n) is 3.93. The first-order chi connectivity index (χ1) is 7.83. The molecule has 2 N–H and O–H groups in total. The highest BCUT2D eigenvalue weighted by atomic mass is 32.1. The maximum absolute atomic E-state index is 5.51. The van der Waals surface area contributed by atoms with Crippen molar-refractivity contribution in [2.45, 2.75) is 44.9 Å². The zero-order valence-electron chi connectivity index (χ0n) is 10.7. The van der Waals surface area contributed by atoms with Crippen molar-refractivity contribution in [2.75, 3.05) is 38.5 Å². The highest BCUT2D eigenvalue weighted by Gasteiger charge is 2.28. The van der Waals surface area contributed by atoms with Gasteiger partial charge >= 0.3 is 0 Å². The first-order valence-corrected chi connectivity index (χ1v) is 7.62. The Morgan fingerprint density at radius 2 is 1.56 bits per heavy atom. The summed E-state index contributed by atoms with van der Waals surface area (Å²) in [4.78, 5) is 0. The van der Waals surface area contributed by atoms with Gasteiger partial charge in [-0.15, -0.1) is 0 Å². The fraction of sp³-hybridized carbons (Fsp3) is 1.00. The third-order valence-corrected chi connectivity index (χ3v) is 4.13. The van der Waals surface area contributed by atoms with E-state index in [4.69, 9.17) is 5.73 Å². The van der Waals surface area contributed by atoms with Gasteiger partial charge in [0.05, 0.1) is 26.2 Å². The van der Waals surface area contributed by atoms with Crippen molar-refractivity contribution < 1.29 is 4.48 Å². The van der Waals surface area contributed by atoms with E-state index in [0.29, 0.717) is 0 Å². The van der Waals surface area contributed by atoms with Crippen LogP contribution in [0.15, 0.2) is 0 Å². The molecule has 0 aliphatic carbocycles. The molecular weight excluding hydrogens is 216 g/mol. The number of nitrogens with zero attached hydrogens (tertiary/aromatic N) is 1. The predicted molar refractivity (Wildman–Crippen MR) is 75.0 cm³/mol. The molecule has 3 heteroatoms. The second-order valence-corrected chi connectivity index (χ2v) is 5.67. The molecule has 16 heavy (non-hydrogen) atoms. The Labute approximate surface area is 107 Å².